The summed E-state index contributed by atoms with van der Waals surface area (Å²) in [6.07, 6.45) is 1.39. The van der Waals surface area contributed by atoms with E-state index in [0.717, 1.165) is 11.1 Å². The van der Waals surface area contributed by atoms with Crippen LogP contribution >= 0.6 is 0 Å². The van der Waals surface area contributed by atoms with Gasteiger partial charge in [-0.05, 0) is 42.2 Å². The van der Waals surface area contributed by atoms with Gasteiger partial charge in [-0.3, -0.25) is 4.79 Å². The van der Waals surface area contributed by atoms with E-state index in [4.69, 9.17) is 4.74 Å². The number of rotatable bonds is 6. The minimum atomic E-state index is -0.365. The topological polar surface area (TPSA) is 70.9 Å². The van der Waals surface area contributed by atoms with Crippen molar-refractivity contribution in [3.05, 3.63) is 59.2 Å². The molecule has 0 radical (unpaired) electrons. The Bertz CT molecular complexity index is 739. The van der Waals surface area contributed by atoms with Gasteiger partial charge in [0.2, 0.25) is 0 Å². The lowest BCUT2D eigenvalue weighted by Crippen LogP contribution is -2.24. The highest BCUT2D eigenvalue weighted by atomic mass is 16.5. The van der Waals surface area contributed by atoms with E-state index in [0.29, 0.717) is 17.2 Å². The summed E-state index contributed by atoms with van der Waals surface area (Å²) in [5, 5.41) is 13.4. The number of amides is 1. The first kappa shape index (κ1) is 17.5. The van der Waals surface area contributed by atoms with Crippen molar-refractivity contribution in [3.63, 3.8) is 0 Å². The molecule has 2 N–H and O–H groups in total. The van der Waals surface area contributed by atoms with Gasteiger partial charge in [0, 0.05) is 5.56 Å². The van der Waals surface area contributed by atoms with Gasteiger partial charge in [0.25, 0.3) is 5.91 Å². The van der Waals surface area contributed by atoms with Gasteiger partial charge in [-0.2, -0.15) is 5.10 Å². The fourth-order valence-corrected chi connectivity index (χ4v) is 2.08. The van der Waals surface area contributed by atoms with Crippen LogP contribution in [0.5, 0.6) is 11.5 Å². The number of phenolic OH excluding ortho intramolecular Hbond substituents is 1. The van der Waals surface area contributed by atoms with Crippen LogP contribution in [-0.4, -0.2) is 23.8 Å². The Balaban J connectivity index is 1.90. The molecule has 0 aliphatic carbocycles. The second-order valence-corrected chi connectivity index (χ2v) is 5.82. The van der Waals surface area contributed by atoms with Gasteiger partial charge in [0.1, 0.15) is 11.5 Å². The zero-order chi connectivity index (χ0) is 17.5. The Morgan fingerprint density at radius 2 is 2.04 bits per heavy atom. The third-order valence-electron chi connectivity index (χ3n) is 3.57. The summed E-state index contributed by atoms with van der Waals surface area (Å²) >= 11 is 0. The molecule has 5 nitrogen and oxygen atoms in total. The Hall–Kier alpha value is -2.82. The molecule has 0 aliphatic heterocycles. The molecule has 5 heteroatoms. The Labute approximate surface area is 142 Å². The second kappa shape index (κ2) is 8.15. The highest BCUT2D eigenvalue weighted by Crippen LogP contribution is 2.24. The predicted octanol–water partition coefficient (Wildman–Crippen LogP) is 3.35. The summed E-state index contributed by atoms with van der Waals surface area (Å²) in [7, 11) is 0. The number of hydrazone groups is 1. The molecule has 0 heterocycles. The lowest BCUT2D eigenvalue weighted by molar-refractivity contribution is -0.123. The fourth-order valence-electron chi connectivity index (χ4n) is 2.08. The SMILES string of the molecule is Cc1ccc(C(C)C)cc1OCC(=O)N/N=C\c1ccccc1O. The maximum absolute atomic E-state index is 11.8. The van der Waals surface area contributed by atoms with Crippen LogP contribution in [0.4, 0.5) is 0 Å². The molecule has 0 atom stereocenters. The number of benzene rings is 2. The molecular weight excluding hydrogens is 304 g/mol. The lowest BCUT2D eigenvalue weighted by Gasteiger charge is -2.12. The Morgan fingerprint density at radius 3 is 2.75 bits per heavy atom. The Kier molecular flexibility index (Phi) is 5.95. The first-order valence-electron chi connectivity index (χ1n) is 7.80. The van der Waals surface area contributed by atoms with Crippen LogP contribution in [0.1, 0.15) is 36.5 Å². The summed E-state index contributed by atoms with van der Waals surface area (Å²) in [4.78, 5) is 11.8. The highest BCUT2D eigenvalue weighted by molar-refractivity contribution is 5.85. The zero-order valence-electron chi connectivity index (χ0n) is 14.1. The van der Waals surface area contributed by atoms with Crippen LogP contribution in [-0.2, 0) is 4.79 Å². The molecule has 2 aromatic rings. The van der Waals surface area contributed by atoms with E-state index in [1.165, 1.54) is 6.21 Å². The third kappa shape index (κ3) is 4.84. The molecule has 2 rings (SSSR count). The fraction of sp³-hybridized carbons (Fsp3) is 0.263. The largest absolute Gasteiger partial charge is 0.507 e. The van der Waals surface area contributed by atoms with Gasteiger partial charge in [0.05, 0.1) is 6.21 Å². The molecule has 126 valence electrons. The van der Waals surface area contributed by atoms with Gasteiger partial charge >= 0.3 is 0 Å². The van der Waals surface area contributed by atoms with Gasteiger partial charge in [-0.15, -0.1) is 0 Å². The average Bonchev–Trinajstić information content (AvgIpc) is 2.55. The number of carbonyl (C=O) groups is 1. The van der Waals surface area contributed by atoms with E-state index in [1.54, 1.807) is 24.3 Å². The van der Waals surface area contributed by atoms with Crippen LogP contribution < -0.4 is 10.2 Å². The van der Waals surface area contributed by atoms with Crippen LogP contribution in [0, 0.1) is 6.92 Å². The summed E-state index contributed by atoms with van der Waals surface area (Å²) in [5.41, 5.74) is 5.04. The molecule has 2 aromatic carbocycles. The lowest BCUT2D eigenvalue weighted by atomic mass is 10.0. The number of nitrogens with zero attached hydrogens (tertiary/aromatic N) is 1. The molecule has 1 amide bonds. The number of para-hydroxylation sites is 1. The molecule has 0 fully saturated rings. The van der Waals surface area contributed by atoms with E-state index in [-0.39, 0.29) is 18.3 Å². The predicted molar refractivity (Wildman–Crippen MR) is 94.6 cm³/mol. The number of nitrogens with one attached hydrogen (secondary N) is 1. The van der Waals surface area contributed by atoms with E-state index >= 15 is 0 Å². The van der Waals surface area contributed by atoms with Crippen molar-refractivity contribution in [2.45, 2.75) is 26.7 Å². The summed E-state index contributed by atoms with van der Waals surface area (Å²) in [6, 6.07) is 12.7. The first-order chi connectivity index (χ1) is 11.5. The van der Waals surface area contributed by atoms with E-state index < -0.39 is 0 Å². The van der Waals surface area contributed by atoms with Crippen LogP contribution in [0.2, 0.25) is 0 Å². The van der Waals surface area contributed by atoms with E-state index in [1.807, 2.05) is 19.1 Å². The number of aryl methyl sites for hydroxylation is 1. The van der Waals surface area contributed by atoms with E-state index in [9.17, 15) is 9.90 Å². The van der Waals surface area contributed by atoms with Gasteiger partial charge in [0.15, 0.2) is 6.61 Å². The van der Waals surface area contributed by atoms with Crippen molar-refractivity contribution in [3.8, 4) is 11.5 Å². The van der Waals surface area contributed by atoms with Crippen molar-refractivity contribution < 1.29 is 14.6 Å². The molecule has 0 saturated heterocycles. The van der Waals surface area contributed by atoms with Crippen molar-refractivity contribution in [1.29, 1.82) is 0 Å². The third-order valence-corrected chi connectivity index (χ3v) is 3.57. The number of aromatic hydroxyl groups is 1. The minimum absolute atomic E-state index is 0.105. The minimum Gasteiger partial charge on any atom is -0.507 e. The second-order valence-electron chi connectivity index (χ2n) is 5.82. The number of carbonyl (C=O) groups excluding carboxylic acids is 1. The molecule has 0 aliphatic rings. The maximum Gasteiger partial charge on any atom is 0.277 e. The zero-order valence-corrected chi connectivity index (χ0v) is 14.1. The summed E-state index contributed by atoms with van der Waals surface area (Å²) in [5.74, 6) is 0.829. The standard InChI is InChI=1S/C19H22N2O3/c1-13(2)15-9-8-14(3)18(10-15)24-12-19(23)21-20-11-16-6-4-5-7-17(16)22/h4-11,13,22H,12H2,1-3H3,(H,21,23)/b20-11-. The molecular formula is C19H22N2O3. The van der Waals surface area contributed by atoms with Crippen molar-refractivity contribution in [2.24, 2.45) is 5.10 Å². The Morgan fingerprint density at radius 1 is 1.29 bits per heavy atom. The quantitative estimate of drug-likeness (QED) is 0.632. The maximum atomic E-state index is 11.8. The number of hydrogen-bond donors (Lipinski definition) is 2. The smallest absolute Gasteiger partial charge is 0.277 e. The summed E-state index contributed by atoms with van der Waals surface area (Å²) in [6.45, 7) is 6.03. The molecule has 0 unspecified atom stereocenters. The average molecular weight is 326 g/mol. The molecule has 0 saturated carbocycles. The number of hydrogen-bond acceptors (Lipinski definition) is 4. The summed E-state index contributed by atoms with van der Waals surface area (Å²) < 4.78 is 5.58. The number of ether oxygens (including phenoxy) is 1. The normalized spacial score (nSPS) is 11.0. The molecule has 0 aromatic heterocycles. The van der Waals surface area contributed by atoms with Crippen LogP contribution in [0.3, 0.4) is 0 Å². The van der Waals surface area contributed by atoms with Gasteiger partial charge in [-0.25, -0.2) is 5.43 Å². The van der Waals surface area contributed by atoms with Crippen LogP contribution in [0.15, 0.2) is 47.6 Å². The first-order valence-corrected chi connectivity index (χ1v) is 7.80. The molecule has 24 heavy (non-hydrogen) atoms. The van der Waals surface area contributed by atoms with Crippen molar-refractivity contribution in [1.82, 2.24) is 5.43 Å². The van der Waals surface area contributed by atoms with Crippen LogP contribution in [0.25, 0.3) is 0 Å². The molecule has 0 spiro atoms. The monoisotopic (exact) mass is 326 g/mol. The van der Waals surface area contributed by atoms with Gasteiger partial charge in [-0.1, -0.05) is 38.1 Å². The molecule has 0 bridgehead atoms. The van der Waals surface area contributed by atoms with Gasteiger partial charge < -0.3 is 9.84 Å². The number of phenols is 1. The van der Waals surface area contributed by atoms with Crippen molar-refractivity contribution >= 4 is 12.1 Å². The highest BCUT2D eigenvalue weighted by Gasteiger charge is 2.07. The van der Waals surface area contributed by atoms with Crippen molar-refractivity contribution in [2.75, 3.05) is 6.61 Å². The van der Waals surface area contributed by atoms with E-state index in [2.05, 4.69) is 30.4 Å².